The first-order chi connectivity index (χ1) is 7.83. The lowest BCUT2D eigenvalue weighted by molar-refractivity contribution is 1.09. The van der Waals surface area contributed by atoms with Crippen LogP contribution in [0.2, 0.25) is 5.02 Å². The maximum atomic E-state index is 5.91. The topological polar surface area (TPSA) is 41.6 Å². The van der Waals surface area contributed by atoms with Crippen LogP contribution in [0.25, 0.3) is 22.3 Å². The van der Waals surface area contributed by atoms with Crippen molar-refractivity contribution in [2.24, 2.45) is 0 Å². The zero-order valence-corrected chi connectivity index (χ0v) is 9.07. The minimum Gasteiger partial charge on any atom is -0.276 e. The number of benzene rings is 1. The van der Waals surface area contributed by atoms with Gasteiger partial charge in [-0.15, -0.1) is 0 Å². The van der Waals surface area contributed by atoms with Crippen molar-refractivity contribution in [1.82, 2.24) is 15.2 Å². The van der Waals surface area contributed by atoms with Crippen LogP contribution in [0.15, 0.2) is 42.6 Å². The molecule has 0 saturated heterocycles. The van der Waals surface area contributed by atoms with Crippen LogP contribution in [0.5, 0.6) is 0 Å². The molecule has 0 atom stereocenters. The second kappa shape index (κ2) is 3.61. The Hall–Kier alpha value is -1.87. The average molecular weight is 230 g/mol. The van der Waals surface area contributed by atoms with Gasteiger partial charge in [-0.2, -0.15) is 5.10 Å². The fraction of sp³-hybridized carbons (Fsp3) is 0. The second-order valence-corrected chi connectivity index (χ2v) is 3.94. The van der Waals surface area contributed by atoms with Crippen molar-refractivity contribution in [3.8, 4) is 11.4 Å². The molecule has 0 radical (unpaired) electrons. The Morgan fingerprint density at radius 2 is 2.00 bits per heavy atom. The summed E-state index contributed by atoms with van der Waals surface area (Å²) in [6.07, 6.45) is 1.71. The summed E-state index contributed by atoms with van der Waals surface area (Å²) in [4.78, 5) is 4.53. The fourth-order valence-electron chi connectivity index (χ4n) is 1.64. The molecular formula is C12H8ClN3. The van der Waals surface area contributed by atoms with Gasteiger partial charge in [0.1, 0.15) is 0 Å². The molecule has 0 aliphatic rings. The smallest absolute Gasteiger partial charge is 0.0888 e. The zero-order valence-electron chi connectivity index (χ0n) is 8.31. The van der Waals surface area contributed by atoms with Crippen LogP contribution >= 0.6 is 11.6 Å². The Kier molecular flexibility index (Phi) is 2.11. The third kappa shape index (κ3) is 1.55. The van der Waals surface area contributed by atoms with Crippen molar-refractivity contribution in [2.75, 3.05) is 0 Å². The summed E-state index contributed by atoms with van der Waals surface area (Å²) in [7, 11) is 0. The highest BCUT2D eigenvalue weighted by Gasteiger charge is 2.02. The van der Waals surface area contributed by atoms with Crippen LogP contribution in [0.3, 0.4) is 0 Å². The number of nitrogens with one attached hydrogen (secondary N) is 1. The van der Waals surface area contributed by atoms with E-state index in [-0.39, 0.29) is 0 Å². The summed E-state index contributed by atoms with van der Waals surface area (Å²) in [6.45, 7) is 0. The van der Waals surface area contributed by atoms with Crippen molar-refractivity contribution in [3.05, 3.63) is 47.6 Å². The van der Waals surface area contributed by atoms with Crippen LogP contribution in [0.4, 0.5) is 0 Å². The number of fused-ring (bicyclic) bond motifs is 1. The van der Waals surface area contributed by atoms with Gasteiger partial charge in [0.15, 0.2) is 0 Å². The number of pyridine rings is 1. The van der Waals surface area contributed by atoms with Crippen molar-refractivity contribution in [1.29, 1.82) is 0 Å². The van der Waals surface area contributed by atoms with Gasteiger partial charge in [0, 0.05) is 16.6 Å². The standard InChI is InChI=1S/C12H8ClN3/c13-9-2-4-10-8(7-9)1-3-11(15-10)12-5-6-14-16-12/h1-7H,(H,14,16). The molecule has 78 valence electrons. The number of halogens is 1. The van der Waals surface area contributed by atoms with Crippen molar-refractivity contribution in [3.63, 3.8) is 0 Å². The summed E-state index contributed by atoms with van der Waals surface area (Å²) >= 11 is 5.91. The number of hydrogen-bond donors (Lipinski definition) is 1. The van der Waals surface area contributed by atoms with Gasteiger partial charge in [0.25, 0.3) is 0 Å². The van der Waals surface area contributed by atoms with E-state index in [4.69, 9.17) is 11.6 Å². The van der Waals surface area contributed by atoms with Crippen LogP contribution in [0.1, 0.15) is 0 Å². The molecule has 0 spiro atoms. The molecule has 0 unspecified atom stereocenters. The van der Waals surface area contributed by atoms with E-state index in [0.29, 0.717) is 0 Å². The fourth-order valence-corrected chi connectivity index (χ4v) is 1.83. The predicted octanol–water partition coefficient (Wildman–Crippen LogP) is 3.28. The van der Waals surface area contributed by atoms with E-state index in [2.05, 4.69) is 15.2 Å². The molecule has 0 bridgehead atoms. The van der Waals surface area contributed by atoms with Gasteiger partial charge < -0.3 is 0 Å². The van der Waals surface area contributed by atoms with Crippen LogP contribution in [-0.4, -0.2) is 15.2 Å². The molecule has 2 heterocycles. The van der Waals surface area contributed by atoms with E-state index in [9.17, 15) is 0 Å². The minimum absolute atomic E-state index is 0.726. The third-order valence-electron chi connectivity index (χ3n) is 2.43. The third-order valence-corrected chi connectivity index (χ3v) is 2.66. The van der Waals surface area contributed by atoms with Crippen molar-refractivity contribution >= 4 is 22.5 Å². The number of rotatable bonds is 1. The zero-order chi connectivity index (χ0) is 11.0. The number of aromatic amines is 1. The van der Waals surface area contributed by atoms with Crippen LogP contribution in [0, 0.1) is 0 Å². The number of nitrogens with zero attached hydrogens (tertiary/aromatic N) is 2. The van der Waals surface area contributed by atoms with E-state index in [1.165, 1.54) is 0 Å². The highest BCUT2D eigenvalue weighted by molar-refractivity contribution is 6.31. The van der Waals surface area contributed by atoms with Gasteiger partial charge in [-0.25, -0.2) is 4.98 Å². The van der Waals surface area contributed by atoms with Gasteiger partial charge in [0.05, 0.1) is 16.9 Å². The van der Waals surface area contributed by atoms with E-state index in [0.717, 1.165) is 27.3 Å². The normalized spacial score (nSPS) is 10.8. The molecule has 3 nitrogen and oxygen atoms in total. The predicted molar refractivity (Wildman–Crippen MR) is 64.3 cm³/mol. The lowest BCUT2D eigenvalue weighted by atomic mass is 10.2. The van der Waals surface area contributed by atoms with Crippen molar-refractivity contribution < 1.29 is 0 Å². The molecule has 0 fully saturated rings. The van der Waals surface area contributed by atoms with Gasteiger partial charge in [-0.3, -0.25) is 5.10 Å². The Morgan fingerprint density at radius 3 is 2.81 bits per heavy atom. The summed E-state index contributed by atoms with van der Waals surface area (Å²) < 4.78 is 0. The molecule has 0 aliphatic carbocycles. The van der Waals surface area contributed by atoms with E-state index < -0.39 is 0 Å². The molecule has 1 aromatic carbocycles. The number of H-pyrrole nitrogens is 1. The SMILES string of the molecule is Clc1ccc2nc(-c3ccn[nH]3)ccc2c1. The van der Waals surface area contributed by atoms with Gasteiger partial charge in [-0.05, 0) is 30.3 Å². The molecule has 3 aromatic rings. The molecule has 0 amide bonds. The molecule has 2 aromatic heterocycles. The molecule has 1 N–H and O–H groups in total. The Labute approximate surface area is 97.1 Å². The first-order valence-corrected chi connectivity index (χ1v) is 5.27. The molecule has 16 heavy (non-hydrogen) atoms. The first kappa shape index (κ1) is 9.36. The van der Waals surface area contributed by atoms with Crippen molar-refractivity contribution in [2.45, 2.75) is 0 Å². The Balaban J connectivity index is 2.20. The number of aromatic nitrogens is 3. The largest absolute Gasteiger partial charge is 0.276 e. The van der Waals surface area contributed by atoms with Gasteiger partial charge in [-0.1, -0.05) is 17.7 Å². The molecule has 0 saturated carbocycles. The quantitative estimate of drug-likeness (QED) is 0.696. The lowest BCUT2D eigenvalue weighted by Crippen LogP contribution is -1.85. The maximum Gasteiger partial charge on any atom is 0.0888 e. The molecule has 3 rings (SSSR count). The van der Waals surface area contributed by atoms with E-state index in [1.807, 2.05) is 36.4 Å². The summed E-state index contributed by atoms with van der Waals surface area (Å²) in [5.41, 5.74) is 2.72. The maximum absolute atomic E-state index is 5.91. The Morgan fingerprint density at radius 1 is 1.06 bits per heavy atom. The first-order valence-electron chi connectivity index (χ1n) is 4.89. The van der Waals surface area contributed by atoms with Gasteiger partial charge in [0.2, 0.25) is 0 Å². The average Bonchev–Trinajstić information content (AvgIpc) is 2.82. The summed E-state index contributed by atoms with van der Waals surface area (Å²) in [5.74, 6) is 0. The van der Waals surface area contributed by atoms with Gasteiger partial charge >= 0.3 is 0 Å². The monoisotopic (exact) mass is 229 g/mol. The molecular weight excluding hydrogens is 222 g/mol. The minimum atomic E-state index is 0.726. The van der Waals surface area contributed by atoms with Crippen LogP contribution in [-0.2, 0) is 0 Å². The van der Waals surface area contributed by atoms with E-state index in [1.54, 1.807) is 6.20 Å². The summed E-state index contributed by atoms with van der Waals surface area (Å²) in [6, 6.07) is 11.5. The second-order valence-electron chi connectivity index (χ2n) is 3.50. The molecule has 0 aliphatic heterocycles. The Bertz CT molecular complexity index is 632. The highest BCUT2D eigenvalue weighted by atomic mass is 35.5. The molecule has 4 heteroatoms. The summed E-state index contributed by atoms with van der Waals surface area (Å²) in [5, 5.41) is 8.56. The van der Waals surface area contributed by atoms with Crippen LogP contribution < -0.4 is 0 Å². The van der Waals surface area contributed by atoms with E-state index >= 15 is 0 Å². The highest BCUT2D eigenvalue weighted by Crippen LogP contribution is 2.21. The number of hydrogen-bond acceptors (Lipinski definition) is 2. The lowest BCUT2D eigenvalue weighted by Gasteiger charge is -2.01.